The number of carbonyl (C=O) groups excluding carboxylic acids is 2. The van der Waals surface area contributed by atoms with Crippen molar-refractivity contribution in [1.29, 1.82) is 5.26 Å². The Bertz CT molecular complexity index is 1090. The smallest absolute Gasteiger partial charge is 0.294 e. The molecule has 2 unspecified atom stereocenters. The molecule has 10 heteroatoms. The highest BCUT2D eigenvalue weighted by Crippen LogP contribution is 2.46. The number of rotatable bonds is 3. The fourth-order valence-electron chi connectivity index (χ4n) is 4.32. The lowest BCUT2D eigenvalue weighted by Crippen LogP contribution is -2.52. The minimum Gasteiger partial charge on any atom is -0.294 e. The second-order valence-electron chi connectivity index (χ2n) is 7.60. The molecule has 0 saturated carbocycles. The standard InChI is InChI=1S/C22H19F3N4O2S/c1-32-29-20(14-7-5-13(12-26)6-8-14)19-16(3-2-4-17(19)30)28(21(29)31)15-9-10-27-18(11-15)22(23,24)25/h5-8,10-11,15,20H,2-4,9H2,1H3. The molecule has 166 valence electrons. The Hall–Kier alpha value is -3.06. The van der Waals surface area contributed by atoms with Crippen LogP contribution >= 0.6 is 11.9 Å². The van der Waals surface area contributed by atoms with Gasteiger partial charge in [0.2, 0.25) is 0 Å². The van der Waals surface area contributed by atoms with Gasteiger partial charge in [0.25, 0.3) is 0 Å². The van der Waals surface area contributed by atoms with Gasteiger partial charge in [-0.15, -0.1) is 0 Å². The van der Waals surface area contributed by atoms with E-state index >= 15 is 0 Å². The number of ketones is 1. The number of nitrogens with zero attached hydrogens (tertiary/aromatic N) is 4. The average Bonchev–Trinajstić information content (AvgIpc) is 2.78. The summed E-state index contributed by atoms with van der Waals surface area (Å²) < 4.78 is 41.2. The van der Waals surface area contributed by atoms with Gasteiger partial charge >= 0.3 is 12.2 Å². The number of carbonyl (C=O) groups is 2. The molecule has 1 aromatic carbocycles. The first-order valence-electron chi connectivity index (χ1n) is 10.0. The van der Waals surface area contributed by atoms with Crippen LogP contribution in [0.3, 0.4) is 0 Å². The monoisotopic (exact) mass is 460 g/mol. The highest BCUT2D eigenvalue weighted by Gasteiger charge is 2.47. The number of amides is 2. The van der Waals surface area contributed by atoms with Crippen molar-refractivity contribution >= 4 is 30.0 Å². The molecular formula is C22H19F3N4O2S. The van der Waals surface area contributed by atoms with E-state index in [1.807, 2.05) is 6.07 Å². The summed E-state index contributed by atoms with van der Waals surface area (Å²) in [6.07, 6.45) is 0.570. The third-order valence-corrected chi connectivity index (χ3v) is 6.48. The van der Waals surface area contributed by atoms with Crippen LogP contribution in [-0.4, -0.2) is 45.7 Å². The molecule has 3 aliphatic rings. The lowest BCUT2D eigenvalue weighted by Gasteiger charge is -2.46. The van der Waals surface area contributed by atoms with E-state index in [1.165, 1.54) is 15.4 Å². The van der Waals surface area contributed by atoms with E-state index in [2.05, 4.69) is 4.99 Å². The normalized spacial score (nSPS) is 23.8. The highest BCUT2D eigenvalue weighted by molar-refractivity contribution is 7.96. The number of allylic oxidation sites excluding steroid dienone is 2. The molecular weight excluding hydrogens is 441 g/mol. The maximum Gasteiger partial charge on any atom is 0.433 e. The number of hydrogen-bond acceptors (Lipinski definition) is 5. The Labute approximate surface area is 187 Å². The van der Waals surface area contributed by atoms with Crippen LogP contribution in [0.2, 0.25) is 0 Å². The number of alkyl halides is 3. The van der Waals surface area contributed by atoms with Gasteiger partial charge in [-0.1, -0.05) is 12.1 Å². The van der Waals surface area contributed by atoms with Crippen molar-refractivity contribution < 1.29 is 22.8 Å². The van der Waals surface area contributed by atoms with Gasteiger partial charge in [-0.2, -0.15) is 18.4 Å². The molecule has 2 heterocycles. The van der Waals surface area contributed by atoms with Crippen LogP contribution in [0.15, 0.2) is 52.3 Å². The molecule has 2 aliphatic heterocycles. The first-order valence-corrected chi connectivity index (χ1v) is 11.2. The Kier molecular flexibility index (Phi) is 5.86. The van der Waals surface area contributed by atoms with Crippen molar-refractivity contribution in [2.24, 2.45) is 4.99 Å². The Morgan fingerprint density at radius 2 is 1.91 bits per heavy atom. The van der Waals surface area contributed by atoms with E-state index in [9.17, 15) is 22.8 Å². The maximum absolute atomic E-state index is 13.6. The minimum absolute atomic E-state index is 0.123. The molecule has 0 saturated heterocycles. The molecule has 0 bridgehead atoms. The second-order valence-corrected chi connectivity index (χ2v) is 8.36. The summed E-state index contributed by atoms with van der Waals surface area (Å²) in [6, 6.07) is 6.66. The van der Waals surface area contributed by atoms with Crippen molar-refractivity contribution in [2.45, 2.75) is 43.9 Å². The van der Waals surface area contributed by atoms with E-state index in [0.717, 1.165) is 18.0 Å². The molecule has 1 aliphatic carbocycles. The summed E-state index contributed by atoms with van der Waals surface area (Å²) in [5.74, 6) is -0.123. The number of benzene rings is 1. The van der Waals surface area contributed by atoms with Gasteiger partial charge in [0.05, 0.1) is 17.7 Å². The van der Waals surface area contributed by atoms with Crippen LogP contribution in [-0.2, 0) is 4.79 Å². The fraction of sp³-hybridized carbons (Fsp3) is 0.364. The molecule has 32 heavy (non-hydrogen) atoms. The minimum atomic E-state index is -4.63. The molecule has 0 N–H and O–H groups in total. The molecule has 1 aromatic rings. The van der Waals surface area contributed by atoms with E-state index < -0.39 is 30.0 Å². The van der Waals surface area contributed by atoms with Crippen LogP contribution in [0.4, 0.5) is 18.0 Å². The molecule has 2 amide bonds. The zero-order valence-electron chi connectivity index (χ0n) is 17.1. The fourth-order valence-corrected chi connectivity index (χ4v) is 5.01. The molecule has 0 radical (unpaired) electrons. The summed E-state index contributed by atoms with van der Waals surface area (Å²) in [5, 5.41) is 9.08. The van der Waals surface area contributed by atoms with Crippen molar-refractivity contribution in [1.82, 2.24) is 9.21 Å². The van der Waals surface area contributed by atoms with Crippen molar-refractivity contribution in [3.8, 4) is 6.07 Å². The van der Waals surface area contributed by atoms with Crippen LogP contribution in [0.1, 0.15) is 42.9 Å². The topological polar surface area (TPSA) is 76.8 Å². The third kappa shape index (κ3) is 3.81. The number of aliphatic imine (C=N–C) groups is 1. The molecule has 0 aromatic heterocycles. The Balaban J connectivity index is 1.85. The van der Waals surface area contributed by atoms with Gasteiger partial charge in [0.15, 0.2) is 5.78 Å². The summed E-state index contributed by atoms with van der Waals surface area (Å²) in [7, 11) is 0. The number of halogens is 3. The SMILES string of the molecule is CSN1C(=O)N(C2C=C(C(F)(F)F)N=CC2)C2=C(C(=O)CCC2)C1c1ccc(C#N)cc1. The lowest BCUT2D eigenvalue weighted by molar-refractivity contribution is -0.117. The largest absolute Gasteiger partial charge is 0.433 e. The van der Waals surface area contributed by atoms with Gasteiger partial charge in [0.1, 0.15) is 11.7 Å². The quantitative estimate of drug-likeness (QED) is 0.601. The van der Waals surface area contributed by atoms with Gasteiger partial charge in [-0.25, -0.2) is 4.79 Å². The lowest BCUT2D eigenvalue weighted by atomic mass is 9.84. The summed E-state index contributed by atoms with van der Waals surface area (Å²) in [6.45, 7) is 0. The molecule has 4 rings (SSSR count). The number of nitriles is 1. The highest BCUT2D eigenvalue weighted by atomic mass is 32.2. The van der Waals surface area contributed by atoms with Crippen molar-refractivity contribution in [3.05, 3.63) is 58.4 Å². The van der Waals surface area contributed by atoms with Gasteiger partial charge in [-0.05, 0) is 48.6 Å². The number of hydrogen-bond donors (Lipinski definition) is 0. The van der Waals surface area contributed by atoms with Crippen LogP contribution in [0.25, 0.3) is 0 Å². The van der Waals surface area contributed by atoms with Crippen molar-refractivity contribution in [3.63, 3.8) is 0 Å². The molecule has 0 spiro atoms. The first-order chi connectivity index (χ1) is 15.3. The number of Topliss-reactive ketones (excluding diaryl/α,β-unsaturated/α-hetero) is 1. The van der Waals surface area contributed by atoms with Gasteiger partial charge in [0, 0.05) is 36.6 Å². The third-order valence-electron chi connectivity index (χ3n) is 5.72. The Morgan fingerprint density at radius 1 is 1.19 bits per heavy atom. The summed E-state index contributed by atoms with van der Waals surface area (Å²) >= 11 is 1.11. The van der Waals surface area contributed by atoms with Crippen LogP contribution in [0, 0.1) is 11.3 Å². The van der Waals surface area contributed by atoms with Crippen LogP contribution in [0.5, 0.6) is 0 Å². The van der Waals surface area contributed by atoms with Crippen LogP contribution < -0.4 is 0 Å². The van der Waals surface area contributed by atoms with Crippen molar-refractivity contribution in [2.75, 3.05) is 6.26 Å². The predicted octanol–water partition coefficient (Wildman–Crippen LogP) is 4.91. The van der Waals surface area contributed by atoms with E-state index in [0.29, 0.717) is 41.7 Å². The Morgan fingerprint density at radius 3 is 2.53 bits per heavy atom. The van der Waals surface area contributed by atoms with Gasteiger partial charge in [-0.3, -0.25) is 19.0 Å². The summed E-state index contributed by atoms with van der Waals surface area (Å²) in [4.78, 5) is 31.4. The number of urea groups is 1. The maximum atomic E-state index is 13.6. The first kappa shape index (κ1) is 22.1. The molecule has 2 atom stereocenters. The zero-order chi connectivity index (χ0) is 23.0. The van der Waals surface area contributed by atoms with Gasteiger partial charge < -0.3 is 0 Å². The van der Waals surface area contributed by atoms with E-state index in [1.54, 1.807) is 30.5 Å². The van der Waals surface area contributed by atoms with E-state index in [-0.39, 0.29) is 12.2 Å². The second kappa shape index (κ2) is 8.47. The summed E-state index contributed by atoms with van der Waals surface area (Å²) in [5.41, 5.74) is 0.980. The van der Waals surface area contributed by atoms with E-state index in [4.69, 9.17) is 5.26 Å². The predicted molar refractivity (Wildman–Crippen MR) is 113 cm³/mol. The zero-order valence-corrected chi connectivity index (χ0v) is 17.9. The molecule has 0 fully saturated rings. The molecule has 6 nitrogen and oxygen atoms in total. The average molecular weight is 460 g/mol.